The third kappa shape index (κ3) is 3.63. The number of aryl methyl sites for hydroxylation is 1. The number of anilines is 1. The third-order valence-corrected chi connectivity index (χ3v) is 5.60. The molecule has 4 nitrogen and oxygen atoms in total. The Morgan fingerprint density at radius 3 is 2.29 bits per heavy atom. The Morgan fingerprint density at radius 1 is 1.19 bits per heavy atom. The minimum Gasteiger partial charge on any atom is -0.276 e. The summed E-state index contributed by atoms with van der Waals surface area (Å²) in [6.07, 6.45) is 1.48. The summed E-state index contributed by atoms with van der Waals surface area (Å²) >= 11 is 21.1. The van der Waals surface area contributed by atoms with Crippen LogP contribution in [0.2, 0.25) is 15.2 Å². The monoisotopic (exact) mass is 428 g/mol. The van der Waals surface area contributed by atoms with Crippen molar-refractivity contribution in [2.75, 3.05) is 4.72 Å². The summed E-state index contributed by atoms with van der Waals surface area (Å²) in [5.41, 5.74) is 0.817. The van der Waals surface area contributed by atoms with E-state index in [1.54, 1.807) is 13.0 Å². The van der Waals surface area contributed by atoms with Crippen molar-refractivity contribution in [1.29, 1.82) is 0 Å². The van der Waals surface area contributed by atoms with E-state index >= 15 is 0 Å². The van der Waals surface area contributed by atoms with E-state index in [0.29, 0.717) is 10.0 Å². The topological polar surface area (TPSA) is 59.1 Å². The molecule has 0 saturated heterocycles. The first-order valence-corrected chi connectivity index (χ1v) is 8.92. The van der Waals surface area contributed by atoms with Crippen molar-refractivity contribution < 1.29 is 8.42 Å². The van der Waals surface area contributed by atoms with E-state index in [-0.39, 0.29) is 25.8 Å². The molecule has 0 amide bonds. The van der Waals surface area contributed by atoms with Crippen LogP contribution in [0.3, 0.4) is 0 Å². The number of rotatable bonds is 3. The molecule has 0 unspecified atom stereocenters. The number of sulfonamides is 1. The molecule has 2 aromatic rings. The average molecular weight is 431 g/mol. The number of nitrogens with zero attached hydrogens (tertiary/aromatic N) is 1. The summed E-state index contributed by atoms with van der Waals surface area (Å²) in [5.74, 6) is 0. The van der Waals surface area contributed by atoms with Gasteiger partial charge in [0.05, 0.1) is 15.7 Å². The number of pyridine rings is 1. The maximum atomic E-state index is 12.5. The van der Waals surface area contributed by atoms with Gasteiger partial charge in [0, 0.05) is 10.7 Å². The second-order valence-corrected chi connectivity index (χ2v) is 7.81. The molecule has 9 heteroatoms. The van der Waals surface area contributed by atoms with Gasteiger partial charge in [0.2, 0.25) is 0 Å². The number of halogens is 4. The SMILES string of the molecule is Cc1ccnc(Cl)c1NS(=O)(=O)c1c(Cl)cc(Br)cc1Cl. The smallest absolute Gasteiger partial charge is 0.264 e. The van der Waals surface area contributed by atoms with Crippen LogP contribution in [-0.2, 0) is 10.0 Å². The summed E-state index contributed by atoms with van der Waals surface area (Å²) < 4.78 is 27.9. The number of nitrogens with one attached hydrogen (secondary N) is 1. The Balaban J connectivity index is 2.54. The first-order valence-electron chi connectivity index (χ1n) is 5.51. The zero-order valence-electron chi connectivity index (χ0n) is 10.5. The highest BCUT2D eigenvalue weighted by molar-refractivity contribution is 9.10. The third-order valence-electron chi connectivity index (χ3n) is 2.58. The van der Waals surface area contributed by atoms with Gasteiger partial charge in [-0.2, -0.15) is 0 Å². The molecule has 0 saturated carbocycles. The van der Waals surface area contributed by atoms with Gasteiger partial charge in [-0.3, -0.25) is 4.72 Å². The zero-order valence-corrected chi connectivity index (χ0v) is 15.2. The lowest BCUT2D eigenvalue weighted by Gasteiger charge is -2.13. The van der Waals surface area contributed by atoms with Crippen molar-refractivity contribution in [1.82, 2.24) is 4.98 Å². The zero-order chi connectivity index (χ0) is 15.8. The fraction of sp³-hybridized carbons (Fsp3) is 0.0833. The van der Waals surface area contributed by atoms with Gasteiger partial charge >= 0.3 is 0 Å². The molecular weight excluding hydrogens is 422 g/mol. The Kier molecular flexibility index (Phi) is 5.05. The minimum absolute atomic E-state index is 0.000425. The van der Waals surface area contributed by atoms with Crippen LogP contribution in [0.15, 0.2) is 33.8 Å². The Bertz CT molecular complexity index is 769. The van der Waals surface area contributed by atoms with Crippen molar-refractivity contribution in [3.8, 4) is 0 Å². The molecule has 1 N–H and O–H groups in total. The summed E-state index contributed by atoms with van der Waals surface area (Å²) in [4.78, 5) is 3.63. The second kappa shape index (κ2) is 6.30. The molecular formula is C12H8BrCl3N2O2S. The van der Waals surface area contributed by atoms with E-state index in [9.17, 15) is 8.42 Å². The molecule has 0 aliphatic heterocycles. The van der Waals surface area contributed by atoms with Crippen molar-refractivity contribution in [3.63, 3.8) is 0 Å². The summed E-state index contributed by atoms with van der Waals surface area (Å²) in [6.45, 7) is 1.70. The first kappa shape index (κ1) is 16.8. The van der Waals surface area contributed by atoms with Gasteiger partial charge in [-0.1, -0.05) is 50.7 Å². The summed E-state index contributed by atoms with van der Waals surface area (Å²) in [5, 5.41) is 0.0435. The number of aromatic nitrogens is 1. The van der Waals surface area contributed by atoms with Gasteiger partial charge in [-0.05, 0) is 30.7 Å². The van der Waals surface area contributed by atoms with Crippen LogP contribution in [-0.4, -0.2) is 13.4 Å². The molecule has 2 rings (SSSR count). The minimum atomic E-state index is -4.00. The van der Waals surface area contributed by atoms with Gasteiger partial charge < -0.3 is 0 Å². The Labute approximate surface area is 145 Å². The predicted molar refractivity (Wildman–Crippen MR) is 89.0 cm³/mol. The van der Waals surface area contributed by atoms with E-state index in [1.807, 2.05) is 0 Å². The van der Waals surface area contributed by atoms with Crippen LogP contribution in [0.5, 0.6) is 0 Å². The fourth-order valence-corrected chi connectivity index (χ4v) is 5.01. The molecule has 112 valence electrons. The van der Waals surface area contributed by atoms with Crippen molar-refractivity contribution in [2.45, 2.75) is 11.8 Å². The van der Waals surface area contributed by atoms with Gasteiger partial charge in [0.1, 0.15) is 4.90 Å². The van der Waals surface area contributed by atoms with E-state index in [2.05, 4.69) is 25.6 Å². The van der Waals surface area contributed by atoms with Gasteiger partial charge in [-0.15, -0.1) is 0 Å². The largest absolute Gasteiger partial charge is 0.276 e. The molecule has 1 heterocycles. The highest BCUT2D eigenvalue weighted by Gasteiger charge is 2.24. The maximum absolute atomic E-state index is 12.5. The van der Waals surface area contributed by atoms with Crippen LogP contribution in [0.1, 0.15) is 5.56 Å². The average Bonchev–Trinajstić information content (AvgIpc) is 2.32. The summed E-state index contributed by atoms with van der Waals surface area (Å²) in [6, 6.07) is 4.52. The van der Waals surface area contributed by atoms with E-state index in [0.717, 1.165) is 0 Å². The van der Waals surface area contributed by atoms with Crippen molar-refractivity contribution in [3.05, 3.63) is 49.6 Å². The van der Waals surface area contributed by atoms with E-state index < -0.39 is 10.0 Å². The number of hydrogen-bond donors (Lipinski definition) is 1. The molecule has 0 spiro atoms. The normalized spacial score (nSPS) is 11.5. The molecule has 0 radical (unpaired) electrons. The molecule has 1 aromatic carbocycles. The number of hydrogen-bond acceptors (Lipinski definition) is 3. The van der Waals surface area contributed by atoms with E-state index in [4.69, 9.17) is 34.8 Å². The van der Waals surface area contributed by atoms with Crippen LogP contribution in [0, 0.1) is 6.92 Å². The van der Waals surface area contributed by atoms with Crippen LogP contribution < -0.4 is 4.72 Å². The summed E-state index contributed by atoms with van der Waals surface area (Å²) in [7, 11) is -4.00. The van der Waals surface area contributed by atoms with Crippen molar-refractivity contribution >= 4 is 66.4 Å². The van der Waals surface area contributed by atoms with Gasteiger partial charge in [0.15, 0.2) is 5.15 Å². The first-order chi connectivity index (χ1) is 9.72. The molecule has 0 fully saturated rings. The lowest BCUT2D eigenvalue weighted by Crippen LogP contribution is -2.15. The lowest BCUT2D eigenvalue weighted by atomic mass is 10.3. The Hall–Kier alpha value is -0.530. The second-order valence-electron chi connectivity index (χ2n) is 4.10. The van der Waals surface area contributed by atoms with Crippen LogP contribution >= 0.6 is 50.7 Å². The van der Waals surface area contributed by atoms with Crippen molar-refractivity contribution in [2.24, 2.45) is 0 Å². The van der Waals surface area contributed by atoms with E-state index in [1.165, 1.54) is 18.3 Å². The molecule has 21 heavy (non-hydrogen) atoms. The Morgan fingerprint density at radius 2 is 1.76 bits per heavy atom. The maximum Gasteiger partial charge on any atom is 0.264 e. The number of benzene rings is 1. The quantitative estimate of drug-likeness (QED) is 0.704. The lowest BCUT2D eigenvalue weighted by molar-refractivity contribution is 0.601. The van der Waals surface area contributed by atoms with Gasteiger partial charge in [0.25, 0.3) is 10.0 Å². The van der Waals surface area contributed by atoms with Crippen LogP contribution in [0.25, 0.3) is 0 Å². The fourth-order valence-electron chi connectivity index (χ4n) is 1.62. The molecule has 0 aliphatic rings. The van der Waals surface area contributed by atoms with Crippen LogP contribution in [0.4, 0.5) is 5.69 Å². The standard InChI is InChI=1S/C12H8BrCl3N2O2S/c1-6-2-3-17-12(16)10(6)18-21(19,20)11-8(14)4-7(13)5-9(11)15/h2-5,18H,1H3. The molecule has 1 aromatic heterocycles. The highest BCUT2D eigenvalue weighted by atomic mass is 79.9. The molecule has 0 bridgehead atoms. The van der Waals surface area contributed by atoms with Gasteiger partial charge in [-0.25, -0.2) is 13.4 Å². The predicted octanol–water partition coefficient (Wildman–Crippen LogP) is 4.91. The highest BCUT2D eigenvalue weighted by Crippen LogP contribution is 2.35. The molecule has 0 aliphatic carbocycles. The molecule has 0 atom stereocenters.